The van der Waals surface area contributed by atoms with Gasteiger partial charge in [0.2, 0.25) is 5.91 Å². The molecular weight excluding hydrogens is 324 g/mol. The number of methoxy groups -OCH3 is 1. The Morgan fingerprint density at radius 1 is 1.36 bits per heavy atom. The van der Waals surface area contributed by atoms with E-state index in [0.29, 0.717) is 40.1 Å². The van der Waals surface area contributed by atoms with E-state index in [4.69, 9.17) is 13.6 Å². The second-order valence-corrected chi connectivity index (χ2v) is 5.41. The number of benzene rings is 1. The monoisotopic (exact) mass is 342 g/mol. The van der Waals surface area contributed by atoms with Crippen LogP contribution in [0.1, 0.15) is 17.0 Å². The number of hydrogen-bond donors (Lipinski definition) is 2. The number of nitrogens with zero attached hydrogens (tertiary/aromatic N) is 1. The van der Waals surface area contributed by atoms with Gasteiger partial charge in [-0.2, -0.15) is 0 Å². The van der Waals surface area contributed by atoms with Crippen LogP contribution in [-0.2, 0) is 17.8 Å². The van der Waals surface area contributed by atoms with Gasteiger partial charge in [-0.25, -0.2) is 4.98 Å². The molecule has 0 radical (unpaired) electrons. The molecule has 130 valence electrons. The molecule has 0 aliphatic heterocycles. The van der Waals surface area contributed by atoms with Gasteiger partial charge in [0.1, 0.15) is 11.5 Å². The zero-order valence-corrected chi connectivity index (χ0v) is 13.9. The molecule has 2 N–H and O–H groups in total. The van der Waals surface area contributed by atoms with Crippen LogP contribution in [0.5, 0.6) is 5.75 Å². The Balaban J connectivity index is 1.71. The lowest BCUT2D eigenvalue weighted by Crippen LogP contribution is -2.15. The molecule has 2 aromatic heterocycles. The van der Waals surface area contributed by atoms with Crippen LogP contribution in [0, 0.1) is 6.92 Å². The second kappa shape index (κ2) is 7.23. The highest BCUT2D eigenvalue weighted by Gasteiger charge is 2.16. The van der Waals surface area contributed by atoms with Gasteiger partial charge in [-0.1, -0.05) is 0 Å². The molecule has 0 fully saturated rings. The summed E-state index contributed by atoms with van der Waals surface area (Å²) in [5.41, 5.74) is 1.71. The number of hydrogen-bond acceptors (Lipinski definition) is 6. The number of carbonyl (C=O) groups is 1. The predicted molar refractivity (Wildman–Crippen MR) is 90.2 cm³/mol. The molecule has 0 aliphatic rings. The average molecular weight is 342 g/mol. The lowest BCUT2D eigenvalue weighted by molar-refractivity contribution is -0.115. The van der Waals surface area contributed by atoms with Gasteiger partial charge in [0.25, 0.3) is 5.89 Å². The molecule has 0 unspecified atom stereocenters. The van der Waals surface area contributed by atoms with Crippen LogP contribution in [0.25, 0.3) is 11.7 Å². The normalized spacial score (nSPS) is 10.7. The molecule has 0 aliphatic carbocycles. The van der Waals surface area contributed by atoms with Gasteiger partial charge in [0, 0.05) is 11.3 Å². The van der Waals surface area contributed by atoms with Crippen molar-refractivity contribution in [3.05, 3.63) is 53.6 Å². The number of aryl methyl sites for hydroxylation is 1. The van der Waals surface area contributed by atoms with Crippen molar-refractivity contribution in [1.29, 1.82) is 0 Å². The van der Waals surface area contributed by atoms with Crippen molar-refractivity contribution < 1.29 is 23.5 Å². The van der Waals surface area contributed by atoms with Crippen molar-refractivity contribution >= 4 is 11.6 Å². The van der Waals surface area contributed by atoms with Crippen LogP contribution in [0.4, 0.5) is 5.69 Å². The molecule has 1 amide bonds. The van der Waals surface area contributed by atoms with Crippen molar-refractivity contribution in [3.63, 3.8) is 0 Å². The SMILES string of the molecule is COc1ccc(NC(=O)Cc2nc(-c3ccco3)oc2C)cc1CO. The third kappa shape index (κ3) is 3.72. The highest BCUT2D eigenvalue weighted by molar-refractivity contribution is 5.92. The summed E-state index contributed by atoms with van der Waals surface area (Å²) < 4.78 is 15.9. The number of nitrogens with one attached hydrogen (secondary N) is 1. The summed E-state index contributed by atoms with van der Waals surface area (Å²) in [6.45, 7) is 1.57. The van der Waals surface area contributed by atoms with Crippen LogP contribution in [0.15, 0.2) is 45.4 Å². The van der Waals surface area contributed by atoms with Gasteiger partial charge in [-0.15, -0.1) is 0 Å². The number of aromatic nitrogens is 1. The number of anilines is 1. The van der Waals surface area contributed by atoms with E-state index in [1.165, 1.54) is 13.4 Å². The summed E-state index contributed by atoms with van der Waals surface area (Å²) in [6, 6.07) is 8.55. The fourth-order valence-corrected chi connectivity index (χ4v) is 2.43. The summed E-state index contributed by atoms with van der Waals surface area (Å²) in [7, 11) is 1.52. The summed E-state index contributed by atoms with van der Waals surface area (Å²) in [4.78, 5) is 16.6. The molecule has 7 heteroatoms. The van der Waals surface area contributed by atoms with E-state index in [1.807, 2.05) is 0 Å². The summed E-state index contributed by atoms with van der Waals surface area (Å²) >= 11 is 0. The smallest absolute Gasteiger partial charge is 0.263 e. The van der Waals surface area contributed by atoms with Gasteiger partial charge in [0.05, 0.1) is 32.1 Å². The van der Waals surface area contributed by atoms with E-state index in [-0.39, 0.29) is 18.9 Å². The highest BCUT2D eigenvalue weighted by Crippen LogP contribution is 2.24. The summed E-state index contributed by atoms with van der Waals surface area (Å²) in [5.74, 6) is 1.74. The number of oxazole rings is 1. The van der Waals surface area contributed by atoms with Crippen molar-refractivity contribution in [1.82, 2.24) is 4.98 Å². The zero-order chi connectivity index (χ0) is 17.8. The van der Waals surface area contributed by atoms with Gasteiger partial charge in [0.15, 0.2) is 5.76 Å². The number of rotatable bonds is 6. The minimum atomic E-state index is -0.239. The Morgan fingerprint density at radius 2 is 2.20 bits per heavy atom. The van der Waals surface area contributed by atoms with Crippen LogP contribution >= 0.6 is 0 Å². The standard InChI is InChI=1S/C18H18N2O5/c1-11-14(20-18(25-11)16-4-3-7-24-16)9-17(22)19-13-5-6-15(23-2)12(8-13)10-21/h3-8,21H,9-10H2,1-2H3,(H,19,22). The number of carbonyl (C=O) groups excluding carboxylic acids is 1. The maximum atomic E-state index is 12.3. The van der Waals surface area contributed by atoms with Crippen LogP contribution in [0.2, 0.25) is 0 Å². The average Bonchev–Trinajstić information content (AvgIpc) is 3.25. The fraction of sp³-hybridized carbons (Fsp3) is 0.222. The topological polar surface area (TPSA) is 97.7 Å². The minimum Gasteiger partial charge on any atom is -0.496 e. The molecule has 0 bridgehead atoms. The van der Waals surface area contributed by atoms with Crippen LogP contribution in [-0.4, -0.2) is 23.1 Å². The molecule has 0 saturated heterocycles. The minimum absolute atomic E-state index is 0.0660. The molecule has 7 nitrogen and oxygen atoms in total. The maximum absolute atomic E-state index is 12.3. The molecule has 3 aromatic rings. The third-order valence-electron chi connectivity index (χ3n) is 3.69. The molecule has 1 aromatic carbocycles. The van der Waals surface area contributed by atoms with Crippen molar-refractivity contribution in [3.8, 4) is 17.4 Å². The van der Waals surface area contributed by atoms with E-state index < -0.39 is 0 Å². The molecule has 0 spiro atoms. The number of ether oxygens (including phenoxy) is 1. The Hall–Kier alpha value is -3.06. The third-order valence-corrected chi connectivity index (χ3v) is 3.69. The van der Waals surface area contributed by atoms with Crippen molar-refractivity contribution in [2.75, 3.05) is 12.4 Å². The van der Waals surface area contributed by atoms with Gasteiger partial charge in [-0.3, -0.25) is 4.79 Å². The fourth-order valence-electron chi connectivity index (χ4n) is 2.43. The first-order valence-corrected chi connectivity index (χ1v) is 7.68. The van der Waals surface area contributed by atoms with Crippen molar-refractivity contribution in [2.24, 2.45) is 0 Å². The van der Waals surface area contributed by atoms with Crippen molar-refractivity contribution in [2.45, 2.75) is 20.0 Å². The quantitative estimate of drug-likeness (QED) is 0.715. The number of amides is 1. The van der Waals surface area contributed by atoms with E-state index in [0.717, 1.165) is 0 Å². The summed E-state index contributed by atoms with van der Waals surface area (Å²) in [5, 5.41) is 12.1. The molecule has 3 rings (SSSR count). The maximum Gasteiger partial charge on any atom is 0.263 e. The molecule has 2 heterocycles. The van der Waals surface area contributed by atoms with E-state index in [2.05, 4.69) is 10.3 Å². The second-order valence-electron chi connectivity index (χ2n) is 5.41. The van der Waals surface area contributed by atoms with E-state index in [9.17, 15) is 9.90 Å². The Kier molecular flexibility index (Phi) is 4.85. The van der Waals surface area contributed by atoms with Gasteiger partial charge >= 0.3 is 0 Å². The molecule has 25 heavy (non-hydrogen) atoms. The Bertz CT molecular complexity index is 868. The Morgan fingerprint density at radius 3 is 2.88 bits per heavy atom. The molecular formula is C18H18N2O5. The largest absolute Gasteiger partial charge is 0.496 e. The Labute approximate surface area is 144 Å². The van der Waals surface area contributed by atoms with Crippen LogP contribution < -0.4 is 10.1 Å². The first-order valence-electron chi connectivity index (χ1n) is 7.68. The van der Waals surface area contributed by atoms with Gasteiger partial charge in [-0.05, 0) is 37.3 Å². The van der Waals surface area contributed by atoms with E-state index >= 15 is 0 Å². The number of furan rings is 1. The predicted octanol–water partition coefficient (Wildman–Crippen LogP) is 2.93. The number of aliphatic hydroxyl groups excluding tert-OH is 1. The first kappa shape index (κ1) is 16.8. The van der Waals surface area contributed by atoms with E-state index in [1.54, 1.807) is 37.3 Å². The zero-order valence-electron chi connectivity index (χ0n) is 13.9. The number of aliphatic hydroxyl groups is 1. The lowest BCUT2D eigenvalue weighted by Gasteiger charge is -2.09. The summed E-state index contributed by atoms with van der Waals surface area (Å²) in [6.07, 6.45) is 1.60. The molecule has 0 saturated carbocycles. The lowest BCUT2D eigenvalue weighted by atomic mass is 10.1. The molecule has 0 atom stereocenters. The van der Waals surface area contributed by atoms with Gasteiger partial charge < -0.3 is 24.0 Å². The van der Waals surface area contributed by atoms with Crippen LogP contribution in [0.3, 0.4) is 0 Å². The highest BCUT2D eigenvalue weighted by atomic mass is 16.5. The first-order chi connectivity index (χ1) is 12.1.